The lowest BCUT2D eigenvalue weighted by Crippen LogP contribution is -2.41. The van der Waals surface area contributed by atoms with E-state index in [1.165, 1.54) is 6.20 Å². The minimum atomic E-state index is -0.487. The highest BCUT2D eigenvalue weighted by molar-refractivity contribution is 6.02. The number of ether oxygens (including phenoxy) is 2. The second kappa shape index (κ2) is 7.43. The predicted octanol–water partition coefficient (Wildman–Crippen LogP) is 2.23. The molecule has 28 heavy (non-hydrogen) atoms. The van der Waals surface area contributed by atoms with E-state index in [0.717, 1.165) is 11.1 Å². The third-order valence-electron chi connectivity index (χ3n) is 4.32. The Morgan fingerprint density at radius 2 is 1.68 bits per heavy atom. The summed E-state index contributed by atoms with van der Waals surface area (Å²) in [5.41, 5.74) is 7.84. The molecule has 142 valence electrons. The number of aromatic amines is 1. The fraction of sp³-hybridized carbons (Fsp3) is 0.150. The monoisotopic (exact) mass is 378 g/mol. The number of benzene rings is 2. The van der Waals surface area contributed by atoms with E-state index in [-0.39, 0.29) is 0 Å². The maximum atomic E-state index is 12.5. The van der Waals surface area contributed by atoms with Gasteiger partial charge in [0, 0.05) is 11.1 Å². The van der Waals surface area contributed by atoms with Crippen LogP contribution in [0.1, 0.15) is 26.3 Å². The van der Waals surface area contributed by atoms with Crippen LogP contribution in [0.5, 0.6) is 11.5 Å². The molecule has 1 aliphatic rings. The summed E-state index contributed by atoms with van der Waals surface area (Å²) in [6.45, 7) is 2.91. The van der Waals surface area contributed by atoms with Crippen molar-refractivity contribution in [2.45, 2.75) is 6.92 Å². The smallest absolute Gasteiger partial charge is 0.273 e. The second-order valence-electron chi connectivity index (χ2n) is 6.29. The summed E-state index contributed by atoms with van der Waals surface area (Å²) >= 11 is 0. The van der Waals surface area contributed by atoms with E-state index in [9.17, 15) is 9.59 Å². The summed E-state index contributed by atoms with van der Waals surface area (Å²) in [4.78, 5) is 24.7. The van der Waals surface area contributed by atoms with Gasteiger partial charge in [-0.05, 0) is 37.3 Å². The maximum Gasteiger partial charge on any atom is 0.273 e. The highest BCUT2D eigenvalue weighted by Gasteiger charge is 2.19. The fourth-order valence-electron chi connectivity index (χ4n) is 2.84. The van der Waals surface area contributed by atoms with Gasteiger partial charge in [-0.3, -0.25) is 25.5 Å². The minimum absolute atomic E-state index is 0.292. The summed E-state index contributed by atoms with van der Waals surface area (Å²) in [6.07, 6.45) is 1.40. The van der Waals surface area contributed by atoms with Crippen LogP contribution in [0.2, 0.25) is 0 Å². The van der Waals surface area contributed by atoms with Crippen molar-refractivity contribution in [3.63, 3.8) is 0 Å². The maximum absolute atomic E-state index is 12.5. The van der Waals surface area contributed by atoms with Crippen molar-refractivity contribution in [2.24, 2.45) is 0 Å². The zero-order valence-corrected chi connectivity index (χ0v) is 15.1. The van der Waals surface area contributed by atoms with E-state index in [2.05, 4.69) is 21.0 Å². The molecule has 0 bridgehead atoms. The Kier molecular flexibility index (Phi) is 4.67. The number of nitrogens with zero attached hydrogens (tertiary/aromatic N) is 1. The lowest BCUT2D eigenvalue weighted by atomic mass is 10.1. The number of fused-ring (bicyclic) bond motifs is 1. The van der Waals surface area contributed by atoms with Crippen LogP contribution in [0.4, 0.5) is 0 Å². The average molecular weight is 378 g/mol. The van der Waals surface area contributed by atoms with E-state index in [1.54, 1.807) is 24.3 Å². The number of rotatable bonds is 3. The summed E-state index contributed by atoms with van der Waals surface area (Å²) < 4.78 is 11.1. The fourth-order valence-corrected chi connectivity index (χ4v) is 2.84. The van der Waals surface area contributed by atoms with E-state index in [0.29, 0.717) is 41.5 Å². The normalized spacial score (nSPS) is 12.3. The molecular weight excluding hydrogens is 360 g/mol. The molecule has 4 rings (SSSR count). The number of aromatic nitrogens is 2. The molecule has 0 fully saturated rings. The van der Waals surface area contributed by atoms with Crippen molar-refractivity contribution in [3.8, 4) is 22.8 Å². The number of hydrazine groups is 1. The number of carbonyl (C=O) groups is 2. The van der Waals surface area contributed by atoms with Crippen LogP contribution in [0, 0.1) is 6.92 Å². The predicted molar refractivity (Wildman–Crippen MR) is 101 cm³/mol. The zero-order chi connectivity index (χ0) is 19.5. The molecule has 1 aromatic heterocycles. The lowest BCUT2D eigenvalue weighted by molar-refractivity contribution is 0.0847. The molecule has 1 aliphatic heterocycles. The molecule has 0 spiro atoms. The highest BCUT2D eigenvalue weighted by Crippen LogP contribution is 2.34. The third kappa shape index (κ3) is 3.52. The molecule has 2 amide bonds. The van der Waals surface area contributed by atoms with Crippen LogP contribution in [0.3, 0.4) is 0 Å². The van der Waals surface area contributed by atoms with Crippen LogP contribution < -0.4 is 20.3 Å². The molecule has 0 saturated carbocycles. The molecular formula is C20H18N4O4. The SMILES string of the molecule is Cc1ccc(C(=O)NNC(=O)c2cn[nH]c2-c2ccc3c(c2)OCCO3)cc1. The molecule has 0 aliphatic carbocycles. The minimum Gasteiger partial charge on any atom is -0.486 e. The lowest BCUT2D eigenvalue weighted by Gasteiger charge is -2.18. The highest BCUT2D eigenvalue weighted by atomic mass is 16.6. The first-order chi connectivity index (χ1) is 13.6. The molecule has 8 nitrogen and oxygen atoms in total. The van der Waals surface area contributed by atoms with Crippen LogP contribution in [-0.4, -0.2) is 35.2 Å². The van der Waals surface area contributed by atoms with Gasteiger partial charge < -0.3 is 9.47 Å². The van der Waals surface area contributed by atoms with Gasteiger partial charge in [-0.2, -0.15) is 5.10 Å². The van der Waals surface area contributed by atoms with E-state index < -0.39 is 11.8 Å². The Hall–Kier alpha value is -3.81. The molecule has 0 radical (unpaired) electrons. The summed E-state index contributed by atoms with van der Waals surface area (Å²) in [6, 6.07) is 12.4. The van der Waals surface area contributed by atoms with Crippen molar-refractivity contribution in [3.05, 3.63) is 65.4 Å². The number of hydrogen-bond acceptors (Lipinski definition) is 5. The number of carbonyl (C=O) groups excluding carboxylic acids is 2. The summed E-state index contributed by atoms with van der Waals surface area (Å²) in [5.74, 6) is 0.375. The van der Waals surface area contributed by atoms with Gasteiger partial charge in [0.15, 0.2) is 11.5 Å². The second-order valence-corrected chi connectivity index (χ2v) is 6.29. The van der Waals surface area contributed by atoms with E-state index in [4.69, 9.17) is 9.47 Å². The Morgan fingerprint density at radius 1 is 0.964 bits per heavy atom. The van der Waals surface area contributed by atoms with E-state index >= 15 is 0 Å². The van der Waals surface area contributed by atoms with Gasteiger partial charge in [0.2, 0.25) is 0 Å². The molecule has 2 aromatic carbocycles. The van der Waals surface area contributed by atoms with Gasteiger partial charge in [0.1, 0.15) is 13.2 Å². The van der Waals surface area contributed by atoms with Gasteiger partial charge in [0.05, 0.1) is 17.5 Å². The Balaban J connectivity index is 1.48. The number of nitrogens with one attached hydrogen (secondary N) is 3. The van der Waals surface area contributed by atoms with Crippen LogP contribution >= 0.6 is 0 Å². The molecule has 3 aromatic rings. The molecule has 0 saturated heterocycles. The van der Waals surface area contributed by atoms with Gasteiger partial charge in [-0.15, -0.1) is 0 Å². The number of aryl methyl sites for hydroxylation is 1. The molecule has 8 heteroatoms. The molecule has 0 atom stereocenters. The standard InChI is InChI=1S/C20H18N4O4/c1-12-2-4-13(5-3-12)19(25)23-24-20(26)15-11-21-22-18(15)14-6-7-16-17(10-14)28-9-8-27-16/h2-7,10-11H,8-9H2,1H3,(H,21,22)(H,23,25)(H,24,26). The largest absolute Gasteiger partial charge is 0.486 e. The molecule has 0 unspecified atom stereocenters. The first-order valence-corrected chi connectivity index (χ1v) is 8.72. The van der Waals surface area contributed by atoms with Crippen LogP contribution in [0.15, 0.2) is 48.7 Å². The number of hydrogen-bond donors (Lipinski definition) is 3. The Morgan fingerprint density at radius 3 is 2.46 bits per heavy atom. The van der Waals surface area contributed by atoms with Gasteiger partial charge in [-0.25, -0.2) is 0 Å². The summed E-state index contributed by atoms with van der Waals surface area (Å²) in [7, 11) is 0. The number of amides is 2. The van der Waals surface area contributed by atoms with Gasteiger partial charge in [-0.1, -0.05) is 17.7 Å². The van der Waals surface area contributed by atoms with Gasteiger partial charge in [0.25, 0.3) is 11.8 Å². The quantitative estimate of drug-likeness (QED) is 0.606. The van der Waals surface area contributed by atoms with Crippen molar-refractivity contribution in [2.75, 3.05) is 13.2 Å². The third-order valence-corrected chi connectivity index (χ3v) is 4.32. The topological polar surface area (TPSA) is 105 Å². The van der Waals surface area contributed by atoms with Crippen LogP contribution in [0.25, 0.3) is 11.3 Å². The Labute approximate surface area is 160 Å². The summed E-state index contributed by atoms with van der Waals surface area (Å²) in [5, 5.41) is 6.77. The van der Waals surface area contributed by atoms with Crippen molar-refractivity contribution in [1.82, 2.24) is 21.0 Å². The van der Waals surface area contributed by atoms with Crippen molar-refractivity contribution < 1.29 is 19.1 Å². The Bertz CT molecular complexity index is 1030. The first-order valence-electron chi connectivity index (χ1n) is 8.72. The zero-order valence-electron chi connectivity index (χ0n) is 15.1. The average Bonchev–Trinajstić information content (AvgIpc) is 3.22. The number of H-pyrrole nitrogens is 1. The molecule has 2 heterocycles. The van der Waals surface area contributed by atoms with Crippen molar-refractivity contribution in [1.29, 1.82) is 0 Å². The van der Waals surface area contributed by atoms with Crippen molar-refractivity contribution >= 4 is 11.8 Å². The van der Waals surface area contributed by atoms with Crippen LogP contribution in [-0.2, 0) is 0 Å². The van der Waals surface area contributed by atoms with E-state index in [1.807, 2.05) is 25.1 Å². The molecule has 3 N–H and O–H groups in total. The van der Waals surface area contributed by atoms with Gasteiger partial charge >= 0.3 is 0 Å². The first kappa shape index (κ1) is 17.6.